The van der Waals surface area contributed by atoms with Gasteiger partial charge in [0.2, 0.25) is 0 Å². The van der Waals surface area contributed by atoms with E-state index < -0.39 is 10.8 Å². The van der Waals surface area contributed by atoms with Crippen LogP contribution < -0.4 is 10.1 Å². The van der Waals surface area contributed by atoms with Gasteiger partial charge < -0.3 is 10.1 Å². The van der Waals surface area contributed by atoms with Gasteiger partial charge in [0.25, 0.3) is 11.6 Å². The second-order valence-electron chi connectivity index (χ2n) is 6.24. The van der Waals surface area contributed by atoms with Crippen molar-refractivity contribution in [3.8, 4) is 11.5 Å². The van der Waals surface area contributed by atoms with Crippen molar-refractivity contribution in [2.45, 2.75) is 13.8 Å². The van der Waals surface area contributed by atoms with Crippen LogP contribution >= 0.6 is 11.6 Å². The number of para-hydroxylation sites is 1. The first-order valence-electron chi connectivity index (χ1n) is 8.44. The third-order valence-electron chi connectivity index (χ3n) is 4.07. The van der Waals surface area contributed by atoms with E-state index in [2.05, 4.69) is 5.32 Å². The quantitative estimate of drug-likeness (QED) is 0.429. The Labute approximate surface area is 166 Å². The zero-order valence-electron chi connectivity index (χ0n) is 15.2. The number of nitrogens with one attached hydrogen (secondary N) is 1. The van der Waals surface area contributed by atoms with E-state index in [-0.39, 0.29) is 11.3 Å². The number of aryl methyl sites for hydroxylation is 2. The summed E-state index contributed by atoms with van der Waals surface area (Å²) in [4.78, 5) is 23.6. The Morgan fingerprint density at radius 1 is 1.07 bits per heavy atom. The summed E-state index contributed by atoms with van der Waals surface area (Å²) in [6.45, 7) is 3.52. The average Bonchev–Trinajstić information content (AvgIpc) is 2.63. The van der Waals surface area contributed by atoms with Crippen LogP contribution in [-0.4, -0.2) is 10.8 Å². The van der Waals surface area contributed by atoms with Crippen molar-refractivity contribution in [1.29, 1.82) is 0 Å². The van der Waals surface area contributed by atoms with E-state index in [1.807, 2.05) is 25.1 Å². The number of nitro groups is 1. The molecule has 7 heteroatoms. The van der Waals surface area contributed by atoms with Gasteiger partial charge in [0.15, 0.2) is 5.75 Å². The Hall–Kier alpha value is -3.38. The lowest BCUT2D eigenvalue weighted by Gasteiger charge is -2.13. The predicted molar refractivity (Wildman–Crippen MR) is 108 cm³/mol. The highest BCUT2D eigenvalue weighted by molar-refractivity contribution is 6.31. The Morgan fingerprint density at radius 3 is 2.54 bits per heavy atom. The molecular formula is C21H17ClN2O4. The summed E-state index contributed by atoms with van der Waals surface area (Å²) in [5.74, 6) is 0.352. The van der Waals surface area contributed by atoms with E-state index in [0.717, 1.165) is 5.56 Å². The molecule has 0 atom stereocenters. The zero-order chi connectivity index (χ0) is 20.3. The van der Waals surface area contributed by atoms with Gasteiger partial charge in [0.05, 0.1) is 10.6 Å². The molecule has 3 aromatic carbocycles. The number of halogens is 1. The van der Waals surface area contributed by atoms with E-state index in [4.69, 9.17) is 16.3 Å². The predicted octanol–water partition coefficient (Wildman–Crippen LogP) is 5.91. The number of nitrogens with zero attached hydrogens (tertiary/aromatic N) is 1. The van der Waals surface area contributed by atoms with Crippen LogP contribution in [0.15, 0.2) is 60.7 Å². The number of carbonyl (C=O) groups is 1. The van der Waals surface area contributed by atoms with Gasteiger partial charge in [-0.25, -0.2) is 0 Å². The number of carbonyl (C=O) groups excluding carboxylic acids is 1. The molecule has 0 saturated carbocycles. The lowest BCUT2D eigenvalue weighted by Crippen LogP contribution is -2.15. The Bertz CT molecular complexity index is 1070. The van der Waals surface area contributed by atoms with Crippen LogP contribution in [0.25, 0.3) is 0 Å². The third-order valence-corrected chi connectivity index (χ3v) is 4.31. The molecule has 0 unspecified atom stereocenters. The van der Waals surface area contributed by atoms with Gasteiger partial charge in [-0.05, 0) is 55.8 Å². The molecule has 0 saturated heterocycles. The molecule has 0 bridgehead atoms. The highest BCUT2D eigenvalue weighted by Gasteiger charge is 2.23. The largest absolute Gasteiger partial charge is 0.455 e. The summed E-state index contributed by atoms with van der Waals surface area (Å²) in [6, 6.07) is 16.8. The topological polar surface area (TPSA) is 81.5 Å². The van der Waals surface area contributed by atoms with E-state index in [1.54, 1.807) is 37.3 Å². The minimum Gasteiger partial charge on any atom is -0.455 e. The van der Waals surface area contributed by atoms with Crippen molar-refractivity contribution in [1.82, 2.24) is 0 Å². The molecule has 3 aromatic rings. The minimum absolute atomic E-state index is 0.0357. The maximum atomic E-state index is 12.7. The molecule has 142 valence electrons. The molecule has 0 heterocycles. The fourth-order valence-corrected chi connectivity index (χ4v) is 2.94. The van der Waals surface area contributed by atoms with Crippen LogP contribution in [0.4, 0.5) is 11.4 Å². The van der Waals surface area contributed by atoms with Gasteiger partial charge in [-0.2, -0.15) is 0 Å². The minimum atomic E-state index is -0.619. The highest BCUT2D eigenvalue weighted by atomic mass is 35.5. The molecule has 3 rings (SSSR count). The Balaban J connectivity index is 1.94. The molecular weight excluding hydrogens is 380 g/mol. The number of amides is 1. The van der Waals surface area contributed by atoms with Crippen LogP contribution in [-0.2, 0) is 0 Å². The summed E-state index contributed by atoms with van der Waals surface area (Å²) in [5.41, 5.74) is 1.47. The van der Waals surface area contributed by atoms with Crippen LogP contribution in [0.5, 0.6) is 11.5 Å². The lowest BCUT2D eigenvalue weighted by molar-refractivity contribution is -0.385. The van der Waals surface area contributed by atoms with Gasteiger partial charge in [-0.1, -0.05) is 35.9 Å². The smallest absolute Gasteiger partial charge is 0.285 e. The van der Waals surface area contributed by atoms with Crippen molar-refractivity contribution < 1.29 is 14.5 Å². The SMILES string of the molecule is Cc1cccc(Oc2ccc(Cl)cc2NC(=O)c2cccc(C)c2[N+](=O)[O-])c1. The number of benzene rings is 3. The summed E-state index contributed by atoms with van der Waals surface area (Å²) < 4.78 is 5.88. The molecule has 28 heavy (non-hydrogen) atoms. The van der Waals surface area contributed by atoms with Crippen molar-refractivity contribution in [2.75, 3.05) is 5.32 Å². The van der Waals surface area contributed by atoms with Crippen molar-refractivity contribution in [3.63, 3.8) is 0 Å². The summed E-state index contributed by atoms with van der Waals surface area (Å²) in [6.07, 6.45) is 0. The molecule has 0 radical (unpaired) electrons. The van der Waals surface area contributed by atoms with Crippen molar-refractivity contribution >= 4 is 28.9 Å². The van der Waals surface area contributed by atoms with Gasteiger partial charge in [0.1, 0.15) is 11.3 Å². The van der Waals surface area contributed by atoms with Gasteiger partial charge in [-0.3, -0.25) is 14.9 Å². The average molecular weight is 397 g/mol. The second kappa shape index (κ2) is 8.10. The van der Waals surface area contributed by atoms with Gasteiger partial charge >= 0.3 is 0 Å². The fourth-order valence-electron chi connectivity index (χ4n) is 2.77. The monoisotopic (exact) mass is 396 g/mol. The van der Waals surface area contributed by atoms with E-state index in [0.29, 0.717) is 27.8 Å². The van der Waals surface area contributed by atoms with Crippen LogP contribution in [0.3, 0.4) is 0 Å². The number of ether oxygens (including phenoxy) is 1. The number of hydrogen-bond acceptors (Lipinski definition) is 4. The van der Waals surface area contributed by atoms with Crippen LogP contribution in [0, 0.1) is 24.0 Å². The molecule has 0 spiro atoms. The Kier molecular flexibility index (Phi) is 5.61. The van der Waals surface area contributed by atoms with Crippen LogP contribution in [0.1, 0.15) is 21.5 Å². The van der Waals surface area contributed by atoms with E-state index in [9.17, 15) is 14.9 Å². The summed E-state index contributed by atoms with van der Waals surface area (Å²) in [7, 11) is 0. The van der Waals surface area contributed by atoms with Gasteiger partial charge in [-0.15, -0.1) is 0 Å². The number of hydrogen-bond donors (Lipinski definition) is 1. The first-order chi connectivity index (χ1) is 13.3. The third kappa shape index (κ3) is 4.29. The van der Waals surface area contributed by atoms with Crippen LogP contribution in [0.2, 0.25) is 5.02 Å². The molecule has 0 aliphatic heterocycles. The summed E-state index contributed by atoms with van der Waals surface area (Å²) in [5, 5.41) is 14.4. The molecule has 1 amide bonds. The zero-order valence-corrected chi connectivity index (χ0v) is 16.0. The lowest BCUT2D eigenvalue weighted by atomic mass is 10.1. The standard InChI is InChI=1S/C21H17ClN2O4/c1-13-5-3-7-16(11-13)28-19-10-9-15(22)12-18(19)23-21(25)17-8-4-6-14(2)20(17)24(26)27/h3-12H,1-2H3,(H,23,25). The maximum absolute atomic E-state index is 12.7. The second-order valence-corrected chi connectivity index (χ2v) is 6.68. The highest BCUT2D eigenvalue weighted by Crippen LogP contribution is 2.33. The number of anilines is 1. The summed E-state index contributed by atoms with van der Waals surface area (Å²) >= 11 is 6.07. The maximum Gasteiger partial charge on any atom is 0.285 e. The molecule has 1 N–H and O–H groups in total. The first kappa shape index (κ1) is 19.4. The first-order valence-corrected chi connectivity index (χ1v) is 8.82. The number of rotatable bonds is 5. The van der Waals surface area contributed by atoms with Crippen molar-refractivity contribution in [3.05, 3.63) is 92.5 Å². The van der Waals surface area contributed by atoms with E-state index in [1.165, 1.54) is 12.1 Å². The molecule has 0 aliphatic rings. The Morgan fingerprint density at radius 2 is 1.82 bits per heavy atom. The fraction of sp³-hybridized carbons (Fsp3) is 0.0952. The molecule has 0 fully saturated rings. The van der Waals surface area contributed by atoms with Crippen molar-refractivity contribution in [2.24, 2.45) is 0 Å². The van der Waals surface area contributed by atoms with E-state index >= 15 is 0 Å². The molecule has 0 aliphatic carbocycles. The van der Waals surface area contributed by atoms with Gasteiger partial charge in [0, 0.05) is 10.6 Å². The number of nitro benzene ring substituents is 1. The molecule has 0 aromatic heterocycles. The molecule has 6 nitrogen and oxygen atoms in total. The normalized spacial score (nSPS) is 10.4.